The average molecular weight is 405 g/mol. The molecule has 0 spiro atoms. The van der Waals surface area contributed by atoms with E-state index >= 15 is 0 Å². The molecule has 4 nitrogen and oxygen atoms in total. The highest BCUT2D eigenvalue weighted by molar-refractivity contribution is 7.10. The molecule has 144 valence electrons. The number of amides is 1. The molecule has 1 N–H and O–H groups in total. The Hall–Kier alpha value is -3.13. The van der Waals surface area contributed by atoms with Gasteiger partial charge in [0.25, 0.3) is 5.91 Å². The van der Waals surface area contributed by atoms with E-state index in [2.05, 4.69) is 5.32 Å². The van der Waals surface area contributed by atoms with E-state index in [-0.39, 0.29) is 0 Å². The van der Waals surface area contributed by atoms with Gasteiger partial charge in [0.15, 0.2) is 6.61 Å². The third-order valence-electron chi connectivity index (χ3n) is 3.84. The summed E-state index contributed by atoms with van der Waals surface area (Å²) in [4.78, 5) is 24.9. The molecule has 0 bridgehead atoms. The Morgan fingerprint density at radius 1 is 0.964 bits per heavy atom. The number of ether oxygens (including phenoxy) is 1. The maximum absolute atomic E-state index is 13.6. The fourth-order valence-electron chi connectivity index (χ4n) is 2.53. The number of thiophene rings is 1. The first kappa shape index (κ1) is 19.6. The molecule has 0 aliphatic carbocycles. The van der Waals surface area contributed by atoms with Crippen molar-refractivity contribution in [2.45, 2.75) is 6.04 Å². The molecule has 0 radical (unpaired) electrons. The molecule has 1 atom stereocenters. The Morgan fingerprint density at radius 2 is 1.64 bits per heavy atom. The molecule has 0 fully saturated rings. The van der Waals surface area contributed by atoms with Crippen molar-refractivity contribution >= 4 is 23.2 Å². The highest BCUT2D eigenvalue weighted by Crippen LogP contribution is 2.26. The quantitative estimate of drug-likeness (QED) is 0.625. The summed E-state index contributed by atoms with van der Waals surface area (Å²) in [5.41, 5.74) is -0.229. The molecule has 1 heterocycles. The second kappa shape index (κ2) is 8.71. The number of carbonyl (C=O) groups excluding carboxylic acids is 2. The average Bonchev–Trinajstić information content (AvgIpc) is 3.19. The second-order valence-corrected chi connectivity index (χ2v) is 6.72. The van der Waals surface area contributed by atoms with Crippen LogP contribution in [0, 0.1) is 17.5 Å². The summed E-state index contributed by atoms with van der Waals surface area (Å²) >= 11 is 1.38. The standard InChI is InChI=1S/C20H14F3NO3S/c21-13-8-6-12(7-9-13)19(16-5-2-10-28-16)24-17(25)11-27-20(26)18-14(22)3-1-4-15(18)23/h1-10,19H,11H2,(H,24,25)/t19-/m1/s1. The van der Waals surface area contributed by atoms with Gasteiger partial charge < -0.3 is 10.1 Å². The third-order valence-corrected chi connectivity index (χ3v) is 4.77. The minimum atomic E-state index is -1.28. The number of rotatable bonds is 6. The summed E-state index contributed by atoms with van der Waals surface area (Å²) in [7, 11) is 0. The van der Waals surface area contributed by atoms with Crippen LogP contribution in [-0.2, 0) is 9.53 Å². The van der Waals surface area contributed by atoms with Gasteiger partial charge in [-0.1, -0.05) is 24.3 Å². The Kier molecular flexibility index (Phi) is 6.10. The fraction of sp³-hybridized carbons (Fsp3) is 0.100. The first-order valence-corrected chi connectivity index (χ1v) is 9.03. The molecule has 3 rings (SSSR count). The summed E-state index contributed by atoms with van der Waals surface area (Å²) in [6, 6.07) is 11.5. The lowest BCUT2D eigenvalue weighted by Gasteiger charge is -2.18. The summed E-state index contributed by atoms with van der Waals surface area (Å²) < 4.78 is 45.1. The Balaban J connectivity index is 1.69. The predicted octanol–water partition coefficient (Wildman–Crippen LogP) is 4.23. The number of nitrogens with one attached hydrogen (secondary N) is 1. The van der Waals surface area contributed by atoms with Crippen LogP contribution in [0.2, 0.25) is 0 Å². The topological polar surface area (TPSA) is 55.4 Å². The van der Waals surface area contributed by atoms with Crippen molar-refractivity contribution in [3.63, 3.8) is 0 Å². The molecule has 2 aromatic carbocycles. The van der Waals surface area contributed by atoms with Crippen molar-refractivity contribution in [2.75, 3.05) is 6.61 Å². The SMILES string of the molecule is O=C(COC(=O)c1c(F)cccc1F)N[C@H](c1ccc(F)cc1)c1cccs1. The van der Waals surface area contributed by atoms with Gasteiger partial charge >= 0.3 is 5.97 Å². The van der Waals surface area contributed by atoms with Crippen LogP contribution in [0.1, 0.15) is 26.8 Å². The molecule has 0 aliphatic heterocycles. The number of benzene rings is 2. The monoisotopic (exact) mass is 405 g/mol. The van der Waals surface area contributed by atoms with E-state index in [0.29, 0.717) is 5.56 Å². The van der Waals surface area contributed by atoms with Crippen molar-refractivity contribution in [3.8, 4) is 0 Å². The van der Waals surface area contributed by atoms with Gasteiger partial charge in [0.05, 0.1) is 6.04 Å². The van der Waals surface area contributed by atoms with E-state index in [1.807, 2.05) is 5.38 Å². The van der Waals surface area contributed by atoms with E-state index in [1.54, 1.807) is 12.1 Å². The summed E-state index contributed by atoms with van der Waals surface area (Å²) in [5, 5.41) is 4.49. The minimum Gasteiger partial charge on any atom is -0.452 e. The van der Waals surface area contributed by atoms with Gasteiger partial charge in [-0.15, -0.1) is 11.3 Å². The second-order valence-electron chi connectivity index (χ2n) is 5.74. The van der Waals surface area contributed by atoms with Gasteiger partial charge in [-0.3, -0.25) is 4.79 Å². The lowest BCUT2D eigenvalue weighted by molar-refractivity contribution is -0.124. The molecule has 0 saturated heterocycles. The zero-order valence-corrected chi connectivity index (χ0v) is 15.1. The van der Waals surface area contributed by atoms with Crippen LogP contribution in [0.5, 0.6) is 0 Å². The highest BCUT2D eigenvalue weighted by atomic mass is 32.1. The van der Waals surface area contributed by atoms with E-state index in [4.69, 9.17) is 4.74 Å². The smallest absolute Gasteiger partial charge is 0.344 e. The van der Waals surface area contributed by atoms with Crippen LogP contribution >= 0.6 is 11.3 Å². The predicted molar refractivity (Wildman–Crippen MR) is 97.3 cm³/mol. The van der Waals surface area contributed by atoms with Gasteiger partial charge in [0.1, 0.15) is 23.0 Å². The fourth-order valence-corrected chi connectivity index (χ4v) is 3.33. The molecule has 28 heavy (non-hydrogen) atoms. The summed E-state index contributed by atoms with van der Waals surface area (Å²) in [5.74, 6) is -4.52. The Morgan fingerprint density at radius 3 is 2.25 bits per heavy atom. The maximum Gasteiger partial charge on any atom is 0.344 e. The van der Waals surface area contributed by atoms with Crippen molar-refractivity contribution in [1.29, 1.82) is 0 Å². The molecule has 0 saturated carbocycles. The van der Waals surface area contributed by atoms with Crippen LogP contribution in [0.15, 0.2) is 60.0 Å². The molecule has 0 unspecified atom stereocenters. The normalized spacial score (nSPS) is 11.7. The first-order valence-electron chi connectivity index (χ1n) is 8.15. The van der Waals surface area contributed by atoms with E-state index in [1.165, 1.54) is 35.6 Å². The van der Waals surface area contributed by atoms with Crippen molar-refractivity contribution in [2.24, 2.45) is 0 Å². The number of carbonyl (C=O) groups is 2. The van der Waals surface area contributed by atoms with Crippen LogP contribution in [0.25, 0.3) is 0 Å². The first-order chi connectivity index (χ1) is 13.5. The van der Waals surface area contributed by atoms with Crippen molar-refractivity contribution in [1.82, 2.24) is 5.32 Å². The molecule has 0 aliphatic rings. The van der Waals surface area contributed by atoms with Crippen molar-refractivity contribution in [3.05, 3.63) is 93.4 Å². The van der Waals surface area contributed by atoms with Gasteiger partial charge in [-0.25, -0.2) is 18.0 Å². The molecule has 3 aromatic rings. The van der Waals surface area contributed by atoms with Crippen LogP contribution in [0.4, 0.5) is 13.2 Å². The maximum atomic E-state index is 13.6. The van der Waals surface area contributed by atoms with E-state index in [0.717, 1.165) is 23.1 Å². The largest absolute Gasteiger partial charge is 0.452 e. The molecular weight excluding hydrogens is 391 g/mol. The Bertz CT molecular complexity index is 955. The minimum absolute atomic E-state index is 0.416. The van der Waals surface area contributed by atoms with Crippen LogP contribution in [-0.4, -0.2) is 18.5 Å². The van der Waals surface area contributed by atoms with Gasteiger partial charge in [0, 0.05) is 4.88 Å². The van der Waals surface area contributed by atoms with Gasteiger partial charge in [-0.2, -0.15) is 0 Å². The lowest BCUT2D eigenvalue weighted by atomic mass is 10.1. The molecule has 1 amide bonds. The number of hydrogen-bond acceptors (Lipinski definition) is 4. The van der Waals surface area contributed by atoms with Crippen molar-refractivity contribution < 1.29 is 27.5 Å². The van der Waals surface area contributed by atoms with E-state index in [9.17, 15) is 22.8 Å². The highest BCUT2D eigenvalue weighted by Gasteiger charge is 2.22. The Labute approximate surface area is 162 Å². The zero-order valence-electron chi connectivity index (χ0n) is 14.3. The number of hydrogen-bond donors (Lipinski definition) is 1. The summed E-state index contributed by atoms with van der Waals surface area (Å²) in [6.07, 6.45) is 0. The van der Waals surface area contributed by atoms with Gasteiger partial charge in [0.2, 0.25) is 0 Å². The molecule has 8 heteroatoms. The molecular formula is C20H14F3NO3S. The van der Waals surface area contributed by atoms with Crippen LogP contribution in [0.3, 0.4) is 0 Å². The summed E-state index contributed by atoms with van der Waals surface area (Å²) in [6.45, 7) is -0.727. The number of esters is 1. The van der Waals surface area contributed by atoms with E-state index < -0.39 is 47.5 Å². The number of halogens is 3. The lowest BCUT2D eigenvalue weighted by Crippen LogP contribution is -2.33. The third kappa shape index (κ3) is 4.58. The zero-order chi connectivity index (χ0) is 20.1. The molecule has 1 aromatic heterocycles. The van der Waals surface area contributed by atoms with Gasteiger partial charge in [-0.05, 0) is 41.3 Å². The van der Waals surface area contributed by atoms with Crippen LogP contribution < -0.4 is 5.32 Å².